The molecule has 3 atom stereocenters. The number of aliphatic hydroxyl groups excluding tert-OH is 1. The van der Waals surface area contributed by atoms with Crippen LogP contribution in [-0.2, 0) is 0 Å². The Morgan fingerprint density at radius 2 is 1.77 bits per heavy atom. The largest absolute Gasteiger partial charge is 0.491 e. The summed E-state index contributed by atoms with van der Waals surface area (Å²) in [5, 5.41) is 11.5. The Morgan fingerprint density at radius 3 is 2.48 bits per heavy atom. The molecule has 0 aliphatic carbocycles. The molecule has 0 amide bonds. The van der Waals surface area contributed by atoms with Crippen molar-refractivity contribution in [3.8, 4) is 5.75 Å². The van der Waals surface area contributed by atoms with Gasteiger partial charge < -0.3 is 19.7 Å². The molecule has 0 spiro atoms. The number of rotatable bonds is 6. The number of aromatic amines is 1. The maximum Gasteiger partial charge on any atom is 0.248 e. The number of nitrogens with zero attached hydrogens (tertiary/aromatic N) is 2. The average Bonchev–Trinajstić information content (AvgIpc) is 2.75. The predicted octanol–water partition coefficient (Wildman–Crippen LogP) is 3.18. The lowest BCUT2D eigenvalue weighted by Crippen LogP contribution is -2.58. The first-order chi connectivity index (χ1) is 14.9. The molecular formula is C25H31N3O3. The molecule has 0 bridgehead atoms. The normalized spacial score (nSPS) is 20.7. The molecule has 3 aromatic rings. The Labute approximate surface area is 183 Å². The molecule has 164 valence electrons. The quantitative estimate of drug-likeness (QED) is 0.640. The van der Waals surface area contributed by atoms with Gasteiger partial charge in [0, 0.05) is 54.4 Å². The summed E-state index contributed by atoms with van der Waals surface area (Å²) in [7, 11) is 0. The second kappa shape index (κ2) is 9.12. The topological polar surface area (TPSA) is 68.8 Å². The second-order valence-electron chi connectivity index (χ2n) is 8.67. The number of ether oxygens (including phenoxy) is 1. The number of anilines is 1. The minimum atomic E-state index is -0.581. The Bertz CT molecular complexity index is 1070. The van der Waals surface area contributed by atoms with E-state index in [0.717, 1.165) is 24.0 Å². The van der Waals surface area contributed by atoms with E-state index in [1.165, 1.54) is 17.3 Å². The van der Waals surface area contributed by atoms with Crippen LogP contribution in [0.3, 0.4) is 0 Å². The smallest absolute Gasteiger partial charge is 0.248 e. The Hall–Kier alpha value is -2.83. The number of nitrogens with one attached hydrogen (secondary N) is 1. The fourth-order valence-corrected chi connectivity index (χ4v) is 4.39. The van der Waals surface area contributed by atoms with Crippen LogP contribution in [0.15, 0.2) is 59.4 Å². The average molecular weight is 422 g/mol. The summed E-state index contributed by atoms with van der Waals surface area (Å²) >= 11 is 0. The van der Waals surface area contributed by atoms with Gasteiger partial charge in [0.25, 0.3) is 0 Å². The third-order valence-corrected chi connectivity index (χ3v) is 6.06. The highest BCUT2D eigenvalue weighted by Crippen LogP contribution is 2.23. The molecule has 2 aromatic carbocycles. The molecule has 0 unspecified atom stereocenters. The molecular weight excluding hydrogens is 390 g/mol. The van der Waals surface area contributed by atoms with Gasteiger partial charge in [-0.05, 0) is 57.2 Å². The fourth-order valence-electron chi connectivity index (χ4n) is 4.39. The number of aromatic nitrogens is 1. The zero-order valence-corrected chi connectivity index (χ0v) is 18.4. The van der Waals surface area contributed by atoms with E-state index < -0.39 is 6.10 Å². The Morgan fingerprint density at radius 1 is 1.06 bits per heavy atom. The van der Waals surface area contributed by atoms with E-state index in [0.29, 0.717) is 24.4 Å². The van der Waals surface area contributed by atoms with Crippen LogP contribution in [0.25, 0.3) is 10.9 Å². The van der Waals surface area contributed by atoms with Crippen LogP contribution in [0.4, 0.5) is 5.69 Å². The summed E-state index contributed by atoms with van der Waals surface area (Å²) in [6.45, 7) is 9.21. The van der Waals surface area contributed by atoms with Crippen LogP contribution < -0.4 is 15.2 Å². The van der Waals surface area contributed by atoms with Gasteiger partial charge in [-0.3, -0.25) is 9.69 Å². The molecule has 6 heteroatoms. The monoisotopic (exact) mass is 421 g/mol. The lowest BCUT2D eigenvalue weighted by atomic mass is 10.1. The highest BCUT2D eigenvalue weighted by molar-refractivity contribution is 5.79. The maximum absolute atomic E-state index is 11.4. The van der Waals surface area contributed by atoms with Crippen molar-refractivity contribution in [3.05, 3.63) is 70.5 Å². The predicted molar refractivity (Wildman–Crippen MR) is 125 cm³/mol. The summed E-state index contributed by atoms with van der Waals surface area (Å²) in [6.07, 6.45) is -0.581. The Balaban J connectivity index is 1.33. The number of pyridine rings is 1. The van der Waals surface area contributed by atoms with Crippen LogP contribution >= 0.6 is 0 Å². The van der Waals surface area contributed by atoms with Crippen molar-refractivity contribution in [2.45, 2.75) is 39.0 Å². The van der Waals surface area contributed by atoms with Gasteiger partial charge in [-0.15, -0.1) is 0 Å². The van der Waals surface area contributed by atoms with Crippen molar-refractivity contribution < 1.29 is 9.84 Å². The molecule has 31 heavy (non-hydrogen) atoms. The number of aryl methyl sites for hydroxylation is 1. The number of hydrogen-bond acceptors (Lipinski definition) is 5. The Kier molecular flexibility index (Phi) is 6.30. The molecule has 4 rings (SSSR count). The van der Waals surface area contributed by atoms with Gasteiger partial charge in [0.15, 0.2) is 0 Å². The van der Waals surface area contributed by atoms with E-state index in [2.05, 4.69) is 59.8 Å². The second-order valence-corrected chi connectivity index (χ2v) is 8.67. The van der Waals surface area contributed by atoms with Gasteiger partial charge in [0.05, 0.1) is 0 Å². The number of fused-ring (bicyclic) bond motifs is 1. The molecule has 1 saturated heterocycles. The SMILES string of the molecule is Cc1ccc(N2C[C@@H](C)N(C[C@H](O)COc3ccc4[nH]c(=O)ccc4c3)[C@@H](C)C2)cc1. The highest BCUT2D eigenvalue weighted by atomic mass is 16.5. The van der Waals surface area contributed by atoms with E-state index in [1.807, 2.05) is 18.2 Å². The first-order valence-corrected chi connectivity index (χ1v) is 10.9. The summed E-state index contributed by atoms with van der Waals surface area (Å²) in [5.41, 5.74) is 3.17. The minimum Gasteiger partial charge on any atom is -0.491 e. The number of H-pyrrole nitrogens is 1. The lowest BCUT2D eigenvalue weighted by molar-refractivity contribution is 0.0318. The lowest BCUT2D eigenvalue weighted by Gasteiger charge is -2.46. The third-order valence-electron chi connectivity index (χ3n) is 6.06. The number of benzene rings is 2. The van der Waals surface area contributed by atoms with Crippen molar-refractivity contribution in [1.29, 1.82) is 0 Å². The van der Waals surface area contributed by atoms with Crippen LogP contribution in [-0.4, -0.2) is 59.4 Å². The third kappa shape index (κ3) is 5.09. The molecule has 0 radical (unpaired) electrons. The number of β-amino-alcohol motifs (C(OH)–C–C–N with tert-alkyl or cyclic N) is 1. The molecule has 1 aliphatic rings. The van der Waals surface area contributed by atoms with Gasteiger partial charge in [-0.1, -0.05) is 17.7 Å². The minimum absolute atomic E-state index is 0.123. The van der Waals surface area contributed by atoms with Crippen LogP contribution in [0.2, 0.25) is 0 Å². The van der Waals surface area contributed by atoms with Crippen molar-refractivity contribution in [1.82, 2.24) is 9.88 Å². The fraction of sp³-hybridized carbons (Fsp3) is 0.400. The number of aliphatic hydroxyl groups is 1. The van der Waals surface area contributed by atoms with Crippen LogP contribution in [0.5, 0.6) is 5.75 Å². The molecule has 1 aromatic heterocycles. The zero-order valence-electron chi connectivity index (χ0n) is 18.4. The number of piperazine rings is 1. The summed E-state index contributed by atoms with van der Waals surface area (Å²) in [4.78, 5) is 19.0. The summed E-state index contributed by atoms with van der Waals surface area (Å²) in [5.74, 6) is 0.684. The van der Waals surface area contributed by atoms with Gasteiger partial charge in [0.1, 0.15) is 18.5 Å². The van der Waals surface area contributed by atoms with Gasteiger partial charge in [-0.25, -0.2) is 0 Å². The molecule has 6 nitrogen and oxygen atoms in total. The molecule has 1 aliphatic heterocycles. The van der Waals surface area contributed by atoms with Crippen molar-refractivity contribution in [2.75, 3.05) is 31.1 Å². The van der Waals surface area contributed by atoms with E-state index in [4.69, 9.17) is 4.74 Å². The summed E-state index contributed by atoms with van der Waals surface area (Å²) < 4.78 is 5.84. The first kappa shape index (κ1) is 21.4. The van der Waals surface area contributed by atoms with Crippen molar-refractivity contribution in [3.63, 3.8) is 0 Å². The van der Waals surface area contributed by atoms with E-state index in [1.54, 1.807) is 6.07 Å². The molecule has 0 saturated carbocycles. The first-order valence-electron chi connectivity index (χ1n) is 10.9. The van der Waals surface area contributed by atoms with Crippen LogP contribution in [0.1, 0.15) is 19.4 Å². The van der Waals surface area contributed by atoms with Gasteiger partial charge >= 0.3 is 0 Å². The van der Waals surface area contributed by atoms with Gasteiger partial charge in [0.2, 0.25) is 5.56 Å². The van der Waals surface area contributed by atoms with Crippen LogP contribution in [0, 0.1) is 6.92 Å². The van der Waals surface area contributed by atoms with Crippen molar-refractivity contribution >= 4 is 16.6 Å². The van der Waals surface area contributed by atoms with Crippen molar-refractivity contribution in [2.24, 2.45) is 0 Å². The van der Waals surface area contributed by atoms with Gasteiger partial charge in [-0.2, -0.15) is 0 Å². The standard InChI is InChI=1S/C25H31N3O3/c1-17-4-7-21(8-5-17)27-13-18(2)28(19(3)14-27)15-22(29)16-31-23-9-10-24-20(12-23)6-11-25(30)26-24/h4-12,18-19,22,29H,13-16H2,1-3H3,(H,26,30)/t18-,19+,22-/m0/s1. The maximum atomic E-state index is 11.4. The van der Waals surface area contributed by atoms with E-state index >= 15 is 0 Å². The zero-order chi connectivity index (χ0) is 22.0. The molecule has 1 fully saturated rings. The summed E-state index contributed by atoms with van der Waals surface area (Å²) in [6, 6.07) is 18.1. The molecule has 2 heterocycles. The van der Waals surface area contributed by atoms with E-state index in [-0.39, 0.29) is 12.2 Å². The van der Waals surface area contributed by atoms with E-state index in [9.17, 15) is 9.90 Å². The molecule has 2 N–H and O–H groups in total. The highest BCUT2D eigenvalue weighted by Gasteiger charge is 2.30. The number of hydrogen-bond donors (Lipinski definition) is 2.